The van der Waals surface area contributed by atoms with E-state index in [2.05, 4.69) is 18.2 Å². The number of carbonyl (C=O) groups excluding carboxylic acids is 2. The van der Waals surface area contributed by atoms with Gasteiger partial charge in [0.25, 0.3) is 0 Å². The molecule has 0 aromatic heterocycles. The molecule has 0 N–H and O–H groups in total. The van der Waals surface area contributed by atoms with E-state index in [0.29, 0.717) is 19.4 Å². The van der Waals surface area contributed by atoms with Crippen molar-refractivity contribution in [3.05, 3.63) is 60.2 Å². The highest BCUT2D eigenvalue weighted by molar-refractivity contribution is 5.95. The lowest BCUT2D eigenvalue weighted by molar-refractivity contribution is -0.145. The third-order valence-corrected chi connectivity index (χ3v) is 3.42. The summed E-state index contributed by atoms with van der Waals surface area (Å²) in [5.74, 6) is -0.523. The summed E-state index contributed by atoms with van der Waals surface area (Å²) in [7, 11) is 0. The van der Waals surface area contributed by atoms with Crippen LogP contribution in [-0.2, 0) is 20.7 Å². The fourth-order valence-corrected chi connectivity index (χ4v) is 2.37. The number of ketones is 1. The molecule has 0 fully saturated rings. The van der Waals surface area contributed by atoms with E-state index in [1.165, 1.54) is 0 Å². The summed E-state index contributed by atoms with van der Waals surface area (Å²) in [6.07, 6.45) is 0.841. The molecule has 114 valence electrons. The molecule has 3 nitrogen and oxygen atoms in total. The average molecular weight is 296 g/mol. The highest BCUT2D eigenvalue weighted by Gasteiger charge is 2.12. The molecule has 2 aromatic carbocycles. The molecule has 0 aliphatic carbocycles. The summed E-state index contributed by atoms with van der Waals surface area (Å²) in [6.45, 7) is 2.04. The zero-order valence-electron chi connectivity index (χ0n) is 12.7. The van der Waals surface area contributed by atoms with E-state index >= 15 is 0 Å². The lowest BCUT2D eigenvalue weighted by atomic mass is 9.96. The zero-order chi connectivity index (χ0) is 15.8. The van der Waals surface area contributed by atoms with Gasteiger partial charge in [-0.25, -0.2) is 0 Å². The Balaban J connectivity index is 2.02. The molecule has 0 heterocycles. The Morgan fingerprint density at radius 3 is 2.36 bits per heavy atom. The molecule has 2 aromatic rings. The first-order valence-corrected chi connectivity index (χ1v) is 7.51. The number of benzene rings is 2. The summed E-state index contributed by atoms with van der Waals surface area (Å²) in [6, 6.07) is 18.1. The summed E-state index contributed by atoms with van der Waals surface area (Å²) in [5.41, 5.74) is 3.38. The fourth-order valence-electron chi connectivity index (χ4n) is 2.37. The van der Waals surface area contributed by atoms with Crippen molar-refractivity contribution >= 4 is 11.8 Å². The topological polar surface area (TPSA) is 43.4 Å². The van der Waals surface area contributed by atoms with Crippen LogP contribution in [0.5, 0.6) is 0 Å². The van der Waals surface area contributed by atoms with Gasteiger partial charge in [0, 0.05) is 6.42 Å². The summed E-state index contributed by atoms with van der Waals surface area (Å²) < 4.78 is 4.80. The van der Waals surface area contributed by atoms with Crippen LogP contribution in [0.25, 0.3) is 11.1 Å². The second kappa shape index (κ2) is 8.13. The Labute approximate surface area is 130 Å². The van der Waals surface area contributed by atoms with E-state index < -0.39 is 5.97 Å². The van der Waals surface area contributed by atoms with Crippen molar-refractivity contribution in [2.45, 2.75) is 26.2 Å². The quantitative estimate of drug-likeness (QED) is 0.576. The number of carbonyl (C=O) groups is 2. The average Bonchev–Trinajstić information content (AvgIpc) is 2.54. The number of aryl methyl sites for hydroxylation is 1. The third kappa shape index (κ3) is 4.55. The van der Waals surface area contributed by atoms with Crippen molar-refractivity contribution in [2.75, 3.05) is 6.61 Å². The molecule has 0 saturated carbocycles. The van der Waals surface area contributed by atoms with E-state index in [0.717, 1.165) is 16.7 Å². The van der Waals surface area contributed by atoms with E-state index in [9.17, 15) is 9.59 Å². The lowest BCUT2D eigenvalue weighted by Gasteiger charge is -2.09. The minimum Gasteiger partial charge on any atom is -0.466 e. The number of Topliss-reactive ketones (excluding diaryl/α,β-unsaturated/α-hetero) is 1. The fraction of sp³-hybridized carbons (Fsp3) is 0.263. The Kier molecular flexibility index (Phi) is 5.90. The SMILES string of the molecule is CCOC(=O)CC(=O)CCc1ccccc1-c1ccccc1. The molecule has 0 bridgehead atoms. The van der Waals surface area contributed by atoms with Gasteiger partial charge in [-0.2, -0.15) is 0 Å². The van der Waals surface area contributed by atoms with E-state index in [-0.39, 0.29) is 12.2 Å². The zero-order valence-corrected chi connectivity index (χ0v) is 12.7. The van der Waals surface area contributed by atoms with Gasteiger partial charge in [-0.1, -0.05) is 54.6 Å². The van der Waals surface area contributed by atoms with E-state index in [4.69, 9.17) is 4.74 Å². The minimum absolute atomic E-state index is 0.0821. The Hall–Kier alpha value is -2.42. The number of hydrogen-bond acceptors (Lipinski definition) is 3. The van der Waals surface area contributed by atoms with Gasteiger partial charge >= 0.3 is 5.97 Å². The maximum atomic E-state index is 11.8. The monoisotopic (exact) mass is 296 g/mol. The van der Waals surface area contributed by atoms with Crippen molar-refractivity contribution in [3.63, 3.8) is 0 Å². The third-order valence-electron chi connectivity index (χ3n) is 3.42. The molecule has 0 atom stereocenters. The normalized spacial score (nSPS) is 10.2. The van der Waals surface area contributed by atoms with Crippen molar-refractivity contribution in [3.8, 4) is 11.1 Å². The first-order chi connectivity index (χ1) is 10.7. The second-order valence-corrected chi connectivity index (χ2v) is 5.04. The van der Waals surface area contributed by atoms with Gasteiger partial charge in [0.05, 0.1) is 6.61 Å². The maximum Gasteiger partial charge on any atom is 0.313 e. The van der Waals surface area contributed by atoms with Crippen LogP contribution in [0.3, 0.4) is 0 Å². The molecule has 0 unspecified atom stereocenters. The number of ether oxygens (including phenoxy) is 1. The van der Waals surface area contributed by atoms with Gasteiger partial charge in [0.15, 0.2) is 0 Å². The smallest absolute Gasteiger partial charge is 0.313 e. The van der Waals surface area contributed by atoms with Crippen LogP contribution in [0.2, 0.25) is 0 Å². The first kappa shape index (κ1) is 16.0. The van der Waals surface area contributed by atoms with Gasteiger partial charge in [0.1, 0.15) is 12.2 Å². The largest absolute Gasteiger partial charge is 0.466 e. The van der Waals surface area contributed by atoms with E-state index in [1.54, 1.807) is 6.92 Å². The van der Waals surface area contributed by atoms with E-state index in [1.807, 2.05) is 36.4 Å². The molecular formula is C19H20O3. The number of rotatable bonds is 7. The molecule has 0 spiro atoms. The van der Waals surface area contributed by atoms with Gasteiger partial charge in [-0.3, -0.25) is 9.59 Å². The lowest BCUT2D eigenvalue weighted by Crippen LogP contribution is -2.11. The first-order valence-electron chi connectivity index (χ1n) is 7.51. The van der Waals surface area contributed by atoms with Gasteiger partial charge in [-0.15, -0.1) is 0 Å². The van der Waals surface area contributed by atoms with Crippen LogP contribution in [-0.4, -0.2) is 18.4 Å². The molecule has 0 radical (unpaired) electrons. The predicted molar refractivity (Wildman–Crippen MR) is 86.5 cm³/mol. The van der Waals surface area contributed by atoms with Gasteiger partial charge in [0.2, 0.25) is 0 Å². The highest BCUT2D eigenvalue weighted by atomic mass is 16.5. The standard InChI is InChI=1S/C19H20O3/c1-2-22-19(21)14-17(20)13-12-16-10-6-7-11-18(16)15-8-4-3-5-9-15/h3-11H,2,12-14H2,1H3. The molecule has 0 saturated heterocycles. The van der Waals surface area contributed by atoms with Crippen LogP contribution in [0.4, 0.5) is 0 Å². The second-order valence-electron chi connectivity index (χ2n) is 5.04. The number of esters is 1. The van der Waals surface area contributed by atoms with Crippen molar-refractivity contribution < 1.29 is 14.3 Å². The summed E-state index contributed by atoms with van der Waals surface area (Å²) >= 11 is 0. The van der Waals surface area contributed by atoms with Crippen molar-refractivity contribution in [2.24, 2.45) is 0 Å². The van der Waals surface area contributed by atoms with Gasteiger partial charge in [-0.05, 0) is 30.0 Å². The van der Waals surface area contributed by atoms with Crippen LogP contribution in [0.1, 0.15) is 25.3 Å². The molecular weight excluding hydrogens is 276 g/mol. The Bertz CT molecular complexity index is 632. The van der Waals surface area contributed by atoms with Crippen LogP contribution < -0.4 is 0 Å². The molecule has 0 aliphatic rings. The summed E-state index contributed by atoms with van der Waals surface area (Å²) in [5, 5.41) is 0. The predicted octanol–water partition coefficient (Wildman–Crippen LogP) is 3.81. The molecule has 2 rings (SSSR count). The molecule has 0 amide bonds. The van der Waals surface area contributed by atoms with Crippen molar-refractivity contribution in [1.82, 2.24) is 0 Å². The Morgan fingerprint density at radius 1 is 0.955 bits per heavy atom. The molecule has 3 heteroatoms. The molecule has 0 aliphatic heterocycles. The molecule has 22 heavy (non-hydrogen) atoms. The Morgan fingerprint density at radius 2 is 1.64 bits per heavy atom. The summed E-state index contributed by atoms with van der Waals surface area (Å²) in [4.78, 5) is 23.2. The maximum absolute atomic E-state index is 11.8. The minimum atomic E-state index is -0.441. The van der Waals surface area contributed by atoms with Crippen LogP contribution in [0, 0.1) is 0 Å². The number of hydrogen-bond donors (Lipinski definition) is 0. The highest BCUT2D eigenvalue weighted by Crippen LogP contribution is 2.24. The van der Waals surface area contributed by atoms with Crippen LogP contribution >= 0.6 is 0 Å². The van der Waals surface area contributed by atoms with Gasteiger partial charge < -0.3 is 4.74 Å². The van der Waals surface area contributed by atoms with Crippen molar-refractivity contribution in [1.29, 1.82) is 0 Å². The van der Waals surface area contributed by atoms with Crippen LogP contribution in [0.15, 0.2) is 54.6 Å².